The SMILES string of the molecule is CC(NCC1(N(C)C)CCC1)c1ccn[nH]1. The summed E-state index contributed by atoms with van der Waals surface area (Å²) in [4.78, 5) is 2.36. The second-order valence-corrected chi connectivity index (χ2v) is 5.09. The third kappa shape index (κ3) is 2.13. The van der Waals surface area contributed by atoms with Gasteiger partial charge in [-0.05, 0) is 46.3 Å². The van der Waals surface area contributed by atoms with Crippen LogP contribution in [0.2, 0.25) is 0 Å². The van der Waals surface area contributed by atoms with Crippen LogP contribution in [-0.4, -0.2) is 41.3 Å². The molecule has 0 amide bonds. The van der Waals surface area contributed by atoms with Crippen molar-refractivity contribution in [1.29, 1.82) is 0 Å². The van der Waals surface area contributed by atoms with Crippen LogP contribution < -0.4 is 5.32 Å². The standard InChI is InChI=1S/C12H22N4/c1-10(11-5-8-14-15-11)13-9-12(16(2)3)6-4-7-12/h5,8,10,13H,4,6-7,9H2,1-3H3,(H,14,15). The largest absolute Gasteiger partial charge is 0.307 e. The first-order chi connectivity index (χ1) is 7.64. The molecule has 1 atom stereocenters. The van der Waals surface area contributed by atoms with E-state index in [0.29, 0.717) is 11.6 Å². The van der Waals surface area contributed by atoms with E-state index in [0.717, 1.165) is 12.2 Å². The van der Waals surface area contributed by atoms with Gasteiger partial charge in [0.2, 0.25) is 0 Å². The van der Waals surface area contributed by atoms with Gasteiger partial charge in [-0.2, -0.15) is 5.10 Å². The summed E-state index contributed by atoms with van der Waals surface area (Å²) >= 11 is 0. The zero-order valence-electron chi connectivity index (χ0n) is 10.5. The van der Waals surface area contributed by atoms with Gasteiger partial charge in [0, 0.05) is 24.3 Å². The fraction of sp³-hybridized carbons (Fsp3) is 0.750. The van der Waals surface area contributed by atoms with Gasteiger partial charge >= 0.3 is 0 Å². The van der Waals surface area contributed by atoms with Crippen LogP contribution in [0.15, 0.2) is 12.3 Å². The minimum absolute atomic E-state index is 0.347. The van der Waals surface area contributed by atoms with E-state index in [1.54, 1.807) is 6.20 Å². The maximum absolute atomic E-state index is 3.98. The lowest BCUT2D eigenvalue weighted by molar-refractivity contribution is 0.0575. The summed E-state index contributed by atoms with van der Waals surface area (Å²) in [6, 6.07) is 2.38. The van der Waals surface area contributed by atoms with Crippen LogP contribution in [0.4, 0.5) is 0 Å². The Bertz CT molecular complexity index is 314. The van der Waals surface area contributed by atoms with Gasteiger partial charge in [-0.3, -0.25) is 5.10 Å². The fourth-order valence-corrected chi connectivity index (χ4v) is 2.33. The van der Waals surface area contributed by atoms with Crippen LogP contribution in [0.5, 0.6) is 0 Å². The molecule has 4 heteroatoms. The Labute approximate surface area is 97.4 Å². The molecule has 1 saturated carbocycles. The molecule has 0 saturated heterocycles. The first-order valence-electron chi connectivity index (χ1n) is 6.04. The molecule has 1 heterocycles. The van der Waals surface area contributed by atoms with E-state index in [1.165, 1.54) is 19.3 Å². The third-order valence-corrected chi connectivity index (χ3v) is 3.96. The topological polar surface area (TPSA) is 44.0 Å². The molecule has 4 nitrogen and oxygen atoms in total. The number of likely N-dealkylation sites (N-methyl/N-ethyl adjacent to an activating group) is 1. The first kappa shape index (κ1) is 11.6. The molecule has 1 aliphatic rings. The van der Waals surface area contributed by atoms with E-state index in [9.17, 15) is 0 Å². The minimum atomic E-state index is 0.347. The van der Waals surface area contributed by atoms with Crippen LogP contribution >= 0.6 is 0 Å². The summed E-state index contributed by atoms with van der Waals surface area (Å²) in [7, 11) is 4.36. The maximum Gasteiger partial charge on any atom is 0.0518 e. The lowest BCUT2D eigenvalue weighted by Crippen LogP contribution is -2.56. The van der Waals surface area contributed by atoms with Crippen LogP contribution in [0.25, 0.3) is 0 Å². The van der Waals surface area contributed by atoms with Crippen molar-refractivity contribution in [2.24, 2.45) is 0 Å². The number of aromatic nitrogens is 2. The first-order valence-corrected chi connectivity index (χ1v) is 6.04. The van der Waals surface area contributed by atoms with E-state index >= 15 is 0 Å². The highest BCUT2D eigenvalue weighted by atomic mass is 15.2. The molecule has 0 spiro atoms. The number of nitrogens with one attached hydrogen (secondary N) is 2. The fourth-order valence-electron chi connectivity index (χ4n) is 2.33. The number of hydrogen-bond acceptors (Lipinski definition) is 3. The highest BCUT2D eigenvalue weighted by Crippen LogP contribution is 2.35. The van der Waals surface area contributed by atoms with Crippen molar-refractivity contribution < 1.29 is 0 Å². The smallest absolute Gasteiger partial charge is 0.0518 e. The molecule has 16 heavy (non-hydrogen) atoms. The van der Waals surface area contributed by atoms with Crippen molar-refractivity contribution in [3.63, 3.8) is 0 Å². The van der Waals surface area contributed by atoms with Gasteiger partial charge in [0.1, 0.15) is 0 Å². The van der Waals surface area contributed by atoms with E-state index < -0.39 is 0 Å². The van der Waals surface area contributed by atoms with Crippen molar-refractivity contribution in [2.45, 2.75) is 37.8 Å². The van der Waals surface area contributed by atoms with Gasteiger partial charge in [-0.15, -0.1) is 0 Å². The molecule has 2 rings (SSSR count). The average Bonchev–Trinajstić information content (AvgIpc) is 2.67. The molecule has 1 aromatic heterocycles. The van der Waals surface area contributed by atoms with Crippen molar-refractivity contribution in [3.8, 4) is 0 Å². The predicted octanol–water partition coefficient (Wildman–Crippen LogP) is 1.54. The minimum Gasteiger partial charge on any atom is -0.307 e. The zero-order chi connectivity index (χ0) is 11.6. The number of rotatable bonds is 5. The van der Waals surface area contributed by atoms with Gasteiger partial charge in [-0.25, -0.2) is 0 Å². The highest BCUT2D eigenvalue weighted by Gasteiger charge is 2.38. The van der Waals surface area contributed by atoms with Gasteiger partial charge in [0.05, 0.1) is 5.69 Å². The van der Waals surface area contributed by atoms with E-state index in [-0.39, 0.29) is 0 Å². The molecule has 1 unspecified atom stereocenters. The van der Waals surface area contributed by atoms with Crippen LogP contribution in [-0.2, 0) is 0 Å². The molecule has 0 radical (unpaired) electrons. The van der Waals surface area contributed by atoms with E-state index in [4.69, 9.17) is 0 Å². The average molecular weight is 222 g/mol. The molecule has 1 aromatic rings. The molecule has 1 aliphatic carbocycles. The molecule has 2 N–H and O–H groups in total. The monoisotopic (exact) mass is 222 g/mol. The summed E-state index contributed by atoms with van der Waals surface area (Å²) in [6.45, 7) is 3.23. The number of H-pyrrole nitrogens is 1. The molecule has 0 bridgehead atoms. The Morgan fingerprint density at radius 3 is 2.75 bits per heavy atom. The van der Waals surface area contributed by atoms with Gasteiger partial charge < -0.3 is 10.2 Å². The van der Waals surface area contributed by atoms with Crippen molar-refractivity contribution >= 4 is 0 Å². The Morgan fingerprint density at radius 1 is 1.56 bits per heavy atom. The van der Waals surface area contributed by atoms with Crippen LogP contribution in [0.1, 0.15) is 37.9 Å². The van der Waals surface area contributed by atoms with Gasteiger partial charge in [0.15, 0.2) is 0 Å². The highest BCUT2D eigenvalue weighted by molar-refractivity contribution is 5.05. The number of aromatic amines is 1. The zero-order valence-corrected chi connectivity index (χ0v) is 10.5. The summed E-state index contributed by atoms with van der Waals surface area (Å²) < 4.78 is 0. The quantitative estimate of drug-likeness (QED) is 0.794. The normalized spacial score (nSPS) is 20.8. The Morgan fingerprint density at radius 2 is 2.31 bits per heavy atom. The maximum atomic E-state index is 3.98. The third-order valence-electron chi connectivity index (χ3n) is 3.96. The summed E-state index contributed by atoms with van der Waals surface area (Å²) in [5.74, 6) is 0. The summed E-state index contributed by atoms with van der Waals surface area (Å²) in [6.07, 6.45) is 5.78. The lowest BCUT2D eigenvalue weighted by atomic mass is 9.75. The summed E-state index contributed by atoms with van der Waals surface area (Å²) in [5, 5.41) is 10.6. The lowest BCUT2D eigenvalue weighted by Gasteiger charge is -2.48. The second kappa shape index (κ2) is 4.55. The number of nitrogens with zero attached hydrogens (tertiary/aromatic N) is 2. The van der Waals surface area contributed by atoms with Crippen LogP contribution in [0.3, 0.4) is 0 Å². The molecular weight excluding hydrogens is 200 g/mol. The molecular formula is C12H22N4. The van der Waals surface area contributed by atoms with Crippen molar-refractivity contribution in [1.82, 2.24) is 20.4 Å². The van der Waals surface area contributed by atoms with Crippen molar-refractivity contribution in [3.05, 3.63) is 18.0 Å². The predicted molar refractivity (Wildman–Crippen MR) is 65.3 cm³/mol. The van der Waals surface area contributed by atoms with Crippen LogP contribution in [0, 0.1) is 0 Å². The Balaban J connectivity index is 1.87. The van der Waals surface area contributed by atoms with Gasteiger partial charge in [-0.1, -0.05) is 0 Å². The van der Waals surface area contributed by atoms with Crippen molar-refractivity contribution in [2.75, 3.05) is 20.6 Å². The Hall–Kier alpha value is -0.870. The van der Waals surface area contributed by atoms with E-state index in [2.05, 4.69) is 41.4 Å². The summed E-state index contributed by atoms with van der Waals surface area (Å²) in [5.41, 5.74) is 1.54. The second-order valence-electron chi connectivity index (χ2n) is 5.09. The molecule has 0 aliphatic heterocycles. The molecule has 90 valence electrons. The molecule has 0 aromatic carbocycles. The molecule has 1 fully saturated rings. The van der Waals surface area contributed by atoms with E-state index in [1.807, 2.05) is 6.07 Å². The Kier molecular flexibility index (Phi) is 3.30. The van der Waals surface area contributed by atoms with Gasteiger partial charge in [0.25, 0.3) is 0 Å². The number of hydrogen-bond donors (Lipinski definition) is 2.